The summed E-state index contributed by atoms with van der Waals surface area (Å²) in [6, 6.07) is 9.48. The Morgan fingerprint density at radius 2 is 2.00 bits per heavy atom. The molecule has 2 heterocycles. The van der Waals surface area contributed by atoms with E-state index in [1.807, 2.05) is 31.2 Å². The van der Waals surface area contributed by atoms with Gasteiger partial charge in [-0.3, -0.25) is 18.9 Å². The number of anilines is 1. The predicted molar refractivity (Wildman–Crippen MR) is 93.2 cm³/mol. The second-order valence-corrected chi connectivity index (χ2v) is 5.57. The van der Waals surface area contributed by atoms with Crippen molar-refractivity contribution in [3.05, 3.63) is 48.3 Å². The Morgan fingerprint density at radius 1 is 1.24 bits per heavy atom. The number of esters is 1. The number of imidazole rings is 1. The van der Waals surface area contributed by atoms with Crippen LogP contribution < -0.4 is 4.90 Å². The van der Waals surface area contributed by atoms with Crippen molar-refractivity contribution in [2.75, 3.05) is 18.6 Å². The van der Waals surface area contributed by atoms with E-state index in [9.17, 15) is 9.59 Å². The summed E-state index contributed by atoms with van der Waals surface area (Å²) in [5, 5.41) is 0. The van der Waals surface area contributed by atoms with E-state index in [0.717, 1.165) is 11.1 Å². The number of aromatic nitrogens is 3. The van der Waals surface area contributed by atoms with Crippen LogP contribution >= 0.6 is 0 Å². The number of amides is 1. The molecule has 0 aliphatic heterocycles. The van der Waals surface area contributed by atoms with Crippen LogP contribution in [0, 0.1) is 6.92 Å². The topological polar surface area (TPSA) is 76.8 Å². The zero-order valence-corrected chi connectivity index (χ0v) is 14.3. The zero-order valence-electron chi connectivity index (χ0n) is 14.3. The highest BCUT2D eigenvalue weighted by molar-refractivity contribution is 5.99. The molecule has 0 saturated heterocycles. The highest BCUT2D eigenvalue weighted by Crippen LogP contribution is 2.33. The van der Waals surface area contributed by atoms with Gasteiger partial charge in [0.05, 0.1) is 7.11 Å². The maximum atomic E-state index is 12.3. The van der Waals surface area contributed by atoms with Gasteiger partial charge in [0.2, 0.25) is 11.7 Å². The molecule has 0 saturated carbocycles. The molecule has 2 aromatic heterocycles. The molecule has 0 aliphatic rings. The monoisotopic (exact) mass is 338 g/mol. The SMILES string of the molecule is COC(=O)CN(C(C)=O)c1c(-c2ccccc2C)nc2ncccn12. The number of nitrogens with zero attached hydrogens (tertiary/aromatic N) is 4. The minimum absolute atomic E-state index is 0.201. The Morgan fingerprint density at radius 3 is 2.68 bits per heavy atom. The van der Waals surface area contributed by atoms with E-state index in [2.05, 4.69) is 9.97 Å². The Balaban J connectivity index is 2.28. The highest BCUT2D eigenvalue weighted by Gasteiger charge is 2.26. The Bertz CT molecular complexity index is 948. The third-order valence-corrected chi connectivity index (χ3v) is 3.93. The van der Waals surface area contributed by atoms with Gasteiger partial charge in [0, 0.05) is 24.9 Å². The van der Waals surface area contributed by atoms with E-state index in [-0.39, 0.29) is 12.5 Å². The molecule has 3 aromatic rings. The van der Waals surface area contributed by atoms with Crippen molar-refractivity contribution in [3.8, 4) is 11.3 Å². The molecule has 1 amide bonds. The molecular weight excluding hydrogens is 320 g/mol. The number of hydrogen-bond acceptors (Lipinski definition) is 5. The van der Waals surface area contributed by atoms with Crippen LogP contribution in [0.15, 0.2) is 42.7 Å². The van der Waals surface area contributed by atoms with E-state index < -0.39 is 5.97 Å². The van der Waals surface area contributed by atoms with E-state index >= 15 is 0 Å². The lowest BCUT2D eigenvalue weighted by atomic mass is 10.1. The van der Waals surface area contributed by atoms with Gasteiger partial charge in [-0.25, -0.2) is 9.97 Å². The first kappa shape index (κ1) is 16.6. The molecule has 0 radical (unpaired) electrons. The van der Waals surface area contributed by atoms with Gasteiger partial charge >= 0.3 is 5.97 Å². The van der Waals surface area contributed by atoms with Gasteiger partial charge in [-0.2, -0.15) is 0 Å². The normalized spacial score (nSPS) is 10.7. The van der Waals surface area contributed by atoms with Gasteiger partial charge in [0.25, 0.3) is 0 Å². The Labute approximate surface area is 144 Å². The van der Waals surface area contributed by atoms with E-state index in [0.29, 0.717) is 17.3 Å². The lowest BCUT2D eigenvalue weighted by molar-refractivity contribution is -0.139. The number of rotatable bonds is 4. The summed E-state index contributed by atoms with van der Waals surface area (Å²) < 4.78 is 6.43. The van der Waals surface area contributed by atoms with Crippen molar-refractivity contribution in [1.82, 2.24) is 14.4 Å². The number of aryl methyl sites for hydroxylation is 1. The second kappa shape index (κ2) is 6.72. The van der Waals surface area contributed by atoms with Crippen LogP contribution in [0.5, 0.6) is 0 Å². The number of benzene rings is 1. The van der Waals surface area contributed by atoms with Crippen molar-refractivity contribution in [2.45, 2.75) is 13.8 Å². The molecule has 0 spiro atoms. The number of fused-ring (bicyclic) bond motifs is 1. The first-order valence-corrected chi connectivity index (χ1v) is 7.77. The minimum atomic E-state index is -0.509. The van der Waals surface area contributed by atoms with Gasteiger partial charge in [0.15, 0.2) is 0 Å². The molecular formula is C18H18N4O3. The van der Waals surface area contributed by atoms with Gasteiger partial charge in [-0.05, 0) is 18.6 Å². The number of hydrogen-bond donors (Lipinski definition) is 0. The van der Waals surface area contributed by atoms with Crippen molar-refractivity contribution >= 4 is 23.5 Å². The van der Waals surface area contributed by atoms with Crippen LogP contribution in [-0.4, -0.2) is 39.9 Å². The van der Waals surface area contributed by atoms with Crippen LogP contribution in [0.4, 0.5) is 5.82 Å². The summed E-state index contributed by atoms with van der Waals surface area (Å²) >= 11 is 0. The largest absolute Gasteiger partial charge is 0.468 e. The van der Waals surface area contributed by atoms with Crippen LogP contribution in [0.1, 0.15) is 12.5 Å². The minimum Gasteiger partial charge on any atom is -0.468 e. The van der Waals surface area contributed by atoms with Crippen molar-refractivity contribution in [3.63, 3.8) is 0 Å². The van der Waals surface area contributed by atoms with Crippen molar-refractivity contribution in [1.29, 1.82) is 0 Å². The fourth-order valence-electron chi connectivity index (χ4n) is 2.68. The summed E-state index contributed by atoms with van der Waals surface area (Å²) in [6.45, 7) is 3.17. The molecule has 7 nitrogen and oxygen atoms in total. The molecule has 0 aliphatic carbocycles. The third kappa shape index (κ3) is 3.08. The molecule has 0 fully saturated rings. The lowest BCUT2D eigenvalue weighted by Gasteiger charge is -2.21. The Kier molecular flexibility index (Phi) is 4.47. The fourth-order valence-corrected chi connectivity index (χ4v) is 2.68. The summed E-state index contributed by atoms with van der Waals surface area (Å²) in [7, 11) is 1.29. The van der Waals surface area contributed by atoms with E-state index in [4.69, 9.17) is 4.74 Å². The highest BCUT2D eigenvalue weighted by atomic mass is 16.5. The van der Waals surface area contributed by atoms with Crippen LogP contribution in [0.25, 0.3) is 17.0 Å². The van der Waals surface area contributed by atoms with E-state index in [1.54, 1.807) is 22.9 Å². The first-order valence-electron chi connectivity index (χ1n) is 7.77. The van der Waals surface area contributed by atoms with Crippen molar-refractivity contribution < 1.29 is 14.3 Å². The average molecular weight is 338 g/mol. The quantitative estimate of drug-likeness (QED) is 0.682. The number of methoxy groups -OCH3 is 1. The summed E-state index contributed by atoms with van der Waals surface area (Å²) in [4.78, 5) is 34.3. The van der Waals surface area contributed by atoms with Crippen LogP contribution in [0.3, 0.4) is 0 Å². The molecule has 0 N–H and O–H groups in total. The van der Waals surface area contributed by atoms with E-state index in [1.165, 1.54) is 18.9 Å². The van der Waals surface area contributed by atoms with Gasteiger partial charge < -0.3 is 4.74 Å². The number of ether oxygens (including phenoxy) is 1. The molecule has 7 heteroatoms. The third-order valence-electron chi connectivity index (χ3n) is 3.93. The molecule has 0 unspecified atom stereocenters. The lowest BCUT2D eigenvalue weighted by Crippen LogP contribution is -2.35. The van der Waals surface area contributed by atoms with Crippen molar-refractivity contribution in [2.24, 2.45) is 0 Å². The van der Waals surface area contributed by atoms with Gasteiger partial charge in [-0.1, -0.05) is 24.3 Å². The Hall–Kier alpha value is -3.22. The van der Waals surface area contributed by atoms with Crippen LogP contribution in [0.2, 0.25) is 0 Å². The zero-order chi connectivity index (χ0) is 18.0. The first-order chi connectivity index (χ1) is 12.0. The molecule has 0 bridgehead atoms. The maximum absolute atomic E-state index is 12.3. The number of carbonyl (C=O) groups is 2. The number of carbonyl (C=O) groups excluding carboxylic acids is 2. The fraction of sp³-hybridized carbons (Fsp3) is 0.222. The summed E-state index contributed by atoms with van der Waals surface area (Å²) in [6.07, 6.45) is 3.39. The predicted octanol–water partition coefficient (Wildman–Crippen LogP) is 2.23. The molecule has 1 aromatic carbocycles. The molecule has 3 rings (SSSR count). The average Bonchev–Trinajstić information content (AvgIpc) is 2.98. The smallest absolute Gasteiger partial charge is 0.325 e. The molecule has 0 atom stereocenters. The molecule has 25 heavy (non-hydrogen) atoms. The summed E-state index contributed by atoms with van der Waals surface area (Å²) in [5.41, 5.74) is 2.48. The maximum Gasteiger partial charge on any atom is 0.325 e. The summed E-state index contributed by atoms with van der Waals surface area (Å²) in [5.74, 6) is 0.151. The van der Waals surface area contributed by atoms with Gasteiger partial charge in [0.1, 0.15) is 18.1 Å². The van der Waals surface area contributed by atoms with Gasteiger partial charge in [-0.15, -0.1) is 0 Å². The second-order valence-electron chi connectivity index (χ2n) is 5.57. The van der Waals surface area contributed by atoms with Crippen LogP contribution in [-0.2, 0) is 14.3 Å². The molecule has 128 valence electrons. The standard InChI is InChI=1S/C18H18N4O3/c1-12-7-4-5-8-14(12)16-17(21-10-6-9-19-18(21)20-16)22(13(2)23)11-15(24)25-3/h4-10H,11H2,1-3H3.